The smallest absolute Gasteiger partial charge is 0.338 e. The Hall–Kier alpha value is -2.93. The molecule has 1 unspecified atom stereocenters. The summed E-state index contributed by atoms with van der Waals surface area (Å²) >= 11 is 0. The zero-order valence-corrected chi connectivity index (χ0v) is 17.0. The maximum Gasteiger partial charge on any atom is 0.338 e. The molecule has 3 rings (SSSR count). The lowest BCUT2D eigenvalue weighted by molar-refractivity contribution is -0.145. The number of ether oxygens (including phenoxy) is 2. The molecule has 0 aliphatic carbocycles. The Morgan fingerprint density at radius 1 is 1.07 bits per heavy atom. The Labute approximate surface area is 170 Å². The molecule has 1 fully saturated rings. The van der Waals surface area contributed by atoms with Crippen LogP contribution >= 0.6 is 0 Å². The summed E-state index contributed by atoms with van der Waals surface area (Å²) in [4.78, 5) is 38.2. The Morgan fingerprint density at radius 3 is 2.38 bits per heavy atom. The molecular formula is C22H26N2O5. The molecule has 154 valence electrons. The second-order valence-corrected chi connectivity index (χ2v) is 6.80. The van der Waals surface area contributed by atoms with Crippen LogP contribution in [0.5, 0.6) is 0 Å². The molecular weight excluding hydrogens is 372 g/mol. The van der Waals surface area contributed by atoms with Gasteiger partial charge in [0.1, 0.15) is 0 Å². The van der Waals surface area contributed by atoms with E-state index in [0.717, 1.165) is 5.56 Å². The molecule has 1 aromatic carbocycles. The first-order valence-corrected chi connectivity index (χ1v) is 9.86. The van der Waals surface area contributed by atoms with E-state index in [1.165, 1.54) is 0 Å². The average Bonchev–Trinajstić information content (AvgIpc) is 3.05. The summed E-state index contributed by atoms with van der Waals surface area (Å²) in [7, 11) is 0. The van der Waals surface area contributed by atoms with Crippen LogP contribution in [-0.2, 0) is 23.9 Å². The van der Waals surface area contributed by atoms with Crippen molar-refractivity contribution in [2.75, 3.05) is 26.3 Å². The van der Waals surface area contributed by atoms with Gasteiger partial charge in [-0.1, -0.05) is 30.3 Å². The van der Waals surface area contributed by atoms with E-state index < -0.39 is 18.0 Å². The summed E-state index contributed by atoms with van der Waals surface area (Å²) < 4.78 is 10.6. The second-order valence-electron chi connectivity index (χ2n) is 6.80. The van der Waals surface area contributed by atoms with Crippen LogP contribution < -0.4 is 0 Å². The molecule has 0 aromatic heterocycles. The third-order valence-corrected chi connectivity index (χ3v) is 5.11. The topological polar surface area (TPSA) is 76.2 Å². The van der Waals surface area contributed by atoms with E-state index in [2.05, 4.69) is 0 Å². The van der Waals surface area contributed by atoms with E-state index in [-0.39, 0.29) is 31.2 Å². The highest BCUT2D eigenvalue weighted by atomic mass is 16.5. The van der Waals surface area contributed by atoms with E-state index in [0.29, 0.717) is 24.1 Å². The predicted octanol–water partition coefficient (Wildman–Crippen LogP) is 2.56. The molecule has 1 atom stereocenters. The van der Waals surface area contributed by atoms with Crippen molar-refractivity contribution in [3.63, 3.8) is 0 Å². The van der Waals surface area contributed by atoms with Gasteiger partial charge in [0.15, 0.2) is 0 Å². The van der Waals surface area contributed by atoms with Crippen molar-refractivity contribution in [2.24, 2.45) is 0 Å². The number of esters is 2. The van der Waals surface area contributed by atoms with Gasteiger partial charge in [0.25, 0.3) is 0 Å². The van der Waals surface area contributed by atoms with E-state index in [1.54, 1.807) is 31.9 Å². The molecule has 1 saturated heterocycles. The van der Waals surface area contributed by atoms with Gasteiger partial charge in [0.05, 0.1) is 36.9 Å². The Morgan fingerprint density at radius 2 is 1.72 bits per heavy atom. The van der Waals surface area contributed by atoms with Crippen LogP contribution in [0.25, 0.3) is 0 Å². The lowest BCUT2D eigenvalue weighted by Crippen LogP contribution is -2.44. The van der Waals surface area contributed by atoms with Gasteiger partial charge in [0.2, 0.25) is 5.91 Å². The van der Waals surface area contributed by atoms with E-state index in [4.69, 9.17) is 9.47 Å². The van der Waals surface area contributed by atoms with Crippen molar-refractivity contribution >= 4 is 17.8 Å². The first kappa shape index (κ1) is 20.8. The minimum Gasteiger partial charge on any atom is -0.463 e. The van der Waals surface area contributed by atoms with Crippen LogP contribution in [0.15, 0.2) is 53.1 Å². The fraction of sp³-hybridized carbons (Fsp3) is 0.409. The number of fused-ring (bicyclic) bond motifs is 1. The molecule has 0 N–H and O–H groups in total. The number of nitrogens with zero attached hydrogens (tertiary/aromatic N) is 2. The Kier molecular flexibility index (Phi) is 6.49. The third-order valence-electron chi connectivity index (χ3n) is 5.11. The summed E-state index contributed by atoms with van der Waals surface area (Å²) in [5.41, 5.74) is 1.99. The number of carbonyl (C=O) groups is 3. The van der Waals surface area contributed by atoms with Gasteiger partial charge in [-0.3, -0.25) is 9.80 Å². The van der Waals surface area contributed by atoms with Gasteiger partial charge in [-0.15, -0.1) is 0 Å². The fourth-order valence-electron chi connectivity index (χ4n) is 3.80. The summed E-state index contributed by atoms with van der Waals surface area (Å²) in [6.45, 7) is 6.35. The third kappa shape index (κ3) is 4.10. The second kappa shape index (κ2) is 9.05. The highest BCUT2D eigenvalue weighted by Crippen LogP contribution is 2.38. The minimum atomic E-state index is -0.542. The van der Waals surface area contributed by atoms with Crippen LogP contribution in [0.4, 0.5) is 0 Å². The molecule has 2 aliphatic rings. The Balaban J connectivity index is 2.23. The predicted molar refractivity (Wildman–Crippen MR) is 106 cm³/mol. The molecule has 7 nitrogen and oxygen atoms in total. The van der Waals surface area contributed by atoms with Crippen LogP contribution in [0.3, 0.4) is 0 Å². The van der Waals surface area contributed by atoms with Gasteiger partial charge >= 0.3 is 11.9 Å². The maximum absolute atomic E-state index is 13.1. The van der Waals surface area contributed by atoms with Crippen molar-refractivity contribution in [1.29, 1.82) is 0 Å². The number of hydrogen-bond acceptors (Lipinski definition) is 6. The fourth-order valence-corrected chi connectivity index (χ4v) is 3.80. The van der Waals surface area contributed by atoms with Crippen molar-refractivity contribution in [3.8, 4) is 0 Å². The van der Waals surface area contributed by atoms with Crippen molar-refractivity contribution in [2.45, 2.75) is 33.2 Å². The first-order valence-electron chi connectivity index (χ1n) is 9.86. The normalized spacial score (nSPS) is 24.2. The monoisotopic (exact) mass is 398 g/mol. The lowest BCUT2D eigenvalue weighted by Gasteiger charge is -2.37. The van der Waals surface area contributed by atoms with Crippen molar-refractivity contribution in [3.05, 3.63) is 58.7 Å². The van der Waals surface area contributed by atoms with Crippen LogP contribution in [-0.4, -0.2) is 54.2 Å². The molecule has 7 heteroatoms. The zero-order chi connectivity index (χ0) is 21.0. The van der Waals surface area contributed by atoms with Gasteiger partial charge in [-0.2, -0.15) is 0 Å². The number of benzene rings is 1. The number of hydrogen-bond donors (Lipinski definition) is 0. The summed E-state index contributed by atoms with van der Waals surface area (Å²) in [5, 5.41) is 3.49. The summed E-state index contributed by atoms with van der Waals surface area (Å²) in [6.07, 6.45) is 2.01. The van der Waals surface area contributed by atoms with Crippen LogP contribution in [0.2, 0.25) is 0 Å². The van der Waals surface area contributed by atoms with Crippen LogP contribution in [0, 0.1) is 0 Å². The molecule has 2 aliphatic heterocycles. The SMILES string of the molecule is CCOC(=O)C1=C/CN2C(=O)CCN2C(c2ccccc2)/C(C(=O)OCC)=C\1C. The van der Waals surface area contributed by atoms with Gasteiger partial charge < -0.3 is 9.47 Å². The lowest BCUT2D eigenvalue weighted by atomic mass is 9.90. The van der Waals surface area contributed by atoms with Gasteiger partial charge in [0, 0.05) is 13.0 Å². The highest BCUT2D eigenvalue weighted by molar-refractivity contribution is 5.99. The molecule has 0 bridgehead atoms. The van der Waals surface area contributed by atoms with Gasteiger partial charge in [-0.25, -0.2) is 14.6 Å². The quantitative estimate of drug-likeness (QED) is 0.710. The molecule has 2 heterocycles. The van der Waals surface area contributed by atoms with Gasteiger partial charge in [-0.05, 0) is 38.0 Å². The number of hydrazine groups is 1. The van der Waals surface area contributed by atoms with E-state index in [1.807, 2.05) is 35.3 Å². The zero-order valence-electron chi connectivity index (χ0n) is 17.0. The molecule has 0 saturated carbocycles. The number of amides is 1. The molecule has 1 amide bonds. The van der Waals surface area contributed by atoms with E-state index >= 15 is 0 Å². The molecule has 0 spiro atoms. The number of carbonyl (C=O) groups excluding carboxylic acids is 3. The maximum atomic E-state index is 13.1. The number of rotatable bonds is 5. The van der Waals surface area contributed by atoms with Crippen molar-refractivity contribution in [1.82, 2.24) is 10.0 Å². The molecule has 1 aromatic rings. The highest BCUT2D eigenvalue weighted by Gasteiger charge is 2.41. The standard InChI is InChI=1S/C22H26N2O5/c1-4-28-21(26)17-11-13-23-18(25)12-14-24(23)20(16-9-7-6-8-10-16)19(15(17)3)22(27)29-5-2/h6-11,20H,4-5,12-14H2,1-3H3/b17-11+,19-15+. The molecule has 0 radical (unpaired) electrons. The Bertz CT molecular complexity index is 859. The summed E-state index contributed by atoms with van der Waals surface area (Å²) in [6, 6.07) is 8.94. The van der Waals surface area contributed by atoms with E-state index in [9.17, 15) is 14.4 Å². The van der Waals surface area contributed by atoms with Crippen molar-refractivity contribution < 1.29 is 23.9 Å². The largest absolute Gasteiger partial charge is 0.463 e. The average molecular weight is 398 g/mol. The summed E-state index contributed by atoms with van der Waals surface area (Å²) in [5.74, 6) is -1.07. The first-order chi connectivity index (χ1) is 14.0. The van der Waals surface area contributed by atoms with Crippen LogP contribution in [0.1, 0.15) is 38.8 Å². The minimum absolute atomic E-state index is 0.0480. The molecule has 29 heavy (non-hydrogen) atoms.